The molecule has 1 amide bonds. The highest BCUT2D eigenvalue weighted by molar-refractivity contribution is 5.79. The van der Waals surface area contributed by atoms with E-state index in [9.17, 15) is 4.79 Å². The third-order valence-electron chi connectivity index (χ3n) is 7.89. The molecule has 29 heavy (non-hydrogen) atoms. The van der Waals surface area contributed by atoms with Gasteiger partial charge in [-0.15, -0.1) is 0 Å². The molecular formula is C26H31NO2. The van der Waals surface area contributed by atoms with Gasteiger partial charge in [-0.3, -0.25) is 4.79 Å². The molecule has 2 aromatic carbocycles. The predicted octanol–water partition coefficient (Wildman–Crippen LogP) is 4.85. The molecule has 4 aliphatic rings. The van der Waals surface area contributed by atoms with E-state index in [0.29, 0.717) is 24.8 Å². The molecule has 0 aliphatic heterocycles. The van der Waals surface area contributed by atoms with E-state index < -0.39 is 0 Å². The van der Waals surface area contributed by atoms with Gasteiger partial charge in [-0.2, -0.15) is 0 Å². The molecule has 0 heterocycles. The van der Waals surface area contributed by atoms with Gasteiger partial charge in [-0.05, 0) is 72.5 Å². The molecule has 0 radical (unpaired) electrons. The molecule has 4 fully saturated rings. The van der Waals surface area contributed by atoms with Crippen LogP contribution in [-0.2, 0) is 16.0 Å². The third-order valence-corrected chi connectivity index (χ3v) is 7.89. The van der Waals surface area contributed by atoms with Crippen LogP contribution in [0.1, 0.15) is 37.7 Å². The Kier molecular flexibility index (Phi) is 4.95. The summed E-state index contributed by atoms with van der Waals surface area (Å²) in [7, 11) is 1.86. The van der Waals surface area contributed by atoms with Crippen LogP contribution < -0.4 is 5.32 Å². The number of benzene rings is 2. The van der Waals surface area contributed by atoms with Crippen molar-refractivity contribution in [2.24, 2.45) is 23.7 Å². The minimum Gasteiger partial charge on any atom is -0.376 e. The molecule has 4 saturated carbocycles. The molecule has 0 aromatic heterocycles. The molecule has 3 heteroatoms. The van der Waals surface area contributed by atoms with Crippen LogP contribution in [0.5, 0.6) is 0 Å². The molecule has 152 valence electrons. The summed E-state index contributed by atoms with van der Waals surface area (Å²) in [5.74, 6) is 3.14. The highest BCUT2D eigenvalue weighted by Crippen LogP contribution is 2.59. The van der Waals surface area contributed by atoms with Gasteiger partial charge in [-0.25, -0.2) is 0 Å². The lowest BCUT2D eigenvalue weighted by atomic mass is 9.49. The van der Waals surface area contributed by atoms with Crippen LogP contribution in [0.2, 0.25) is 0 Å². The first-order chi connectivity index (χ1) is 14.2. The van der Waals surface area contributed by atoms with Gasteiger partial charge in [0, 0.05) is 13.7 Å². The molecule has 2 aromatic rings. The maximum absolute atomic E-state index is 12.7. The number of carbonyl (C=O) groups is 1. The van der Waals surface area contributed by atoms with Gasteiger partial charge in [0.05, 0.1) is 12.0 Å². The lowest BCUT2D eigenvalue weighted by molar-refractivity contribution is -0.188. The number of nitrogens with one attached hydrogen (secondary N) is 1. The summed E-state index contributed by atoms with van der Waals surface area (Å²) in [5.41, 5.74) is 3.30. The van der Waals surface area contributed by atoms with Crippen LogP contribution in [0.3, 0.4) is 0 Å². The van der Waals surface area contributed by atoms with Crippen molar-refractivity contribution in [3.05, 3.63) is 60.2 Å². The lowest BCUT2D eigenvalue weighted by Crippen LogP contribution is -2.63. The number of hydrogen-bond donors (Lipinski definition) is 1. The first kappa shape index (κ1) is 18.9. The van der Waals surface area contributed by atoms with Gasteiger partial charge in [0.2, 0.25) is 5.91 Å². The molecule has 0 spiro atoms. The van der Waals surface area contributed by atoms with E-state index in [0.717, 1.165) is 17.4 Å². The number of amides is 1. The van der Waals surface area contributed by atoms with Crippen molar-refractivity contribution in [3.8, 4) is 11.1 Å². The van der Waals surface area contributed by atoms with Gasteiger partial charge < -0.3 is 10.1 Å². The molecule has 0 unspecified atom stereocenters. The van der Waals surface area contributed by atoms with E-state index in [1.54, 1.807) is 0 Å². The summed E-state index contributed by atoms with van der Waals surface area (Å²) in [5, 5.41) is 3.23. The minimum atomic E-state index is -0.139. The van der Waals surface area contributed by atoms with Crippen LogP contribution in [0.15, 0.2) is 54.6 Å². The highest BCUT2D eigenvalue weighted by Gasteiger charge is 2.57. The van der Waals surface area contributed by atoms with Crippen LogP contribution in [0.4, 0.5) is 0 Å². The van der Waals surface area contributed by atoms with Crippen LogP contribution in [-0.4, -0.2) is 25.2 Å². The van der Waals surface area contributed by atoms with Gasteiger partial charge >= 0.3 is 0 Å². The summed E-state index contributed by atoms with van der Waals surface area (Å²) >= 11 is 0. The van der Waals surface area contributed by atoms with Gasteiger partial charge in [0.25, 0.3) is 0 Å². The summed E-state index contributed by atoms with van der Waals surface area (Å²) in [6, 6.07) is 18.7. The molecule has 0 atom stereocenters. The number of methoxy groups -OCH3 is 1. The van der Waals surface area contributed by atoms with Crippen molar-refractivity contribution in [2.45, 2.75) is 44.1 Å². The smallest absolute Gasteiger partial charge is 0.224 e. The average Bonchev–Trinajstić information content (AvgIpc) is 2.74. The fourth-order valence-electron chi connectivity index (χ4n) is 6.61. The Hall–Kier alpha value is -2.13. The Bertz CT molecular complexity index is 830. The quantitative estimate of drug-likeness (QED) is 0.767. The molecule has 4 aliphatic carbocycles. The number of ether oxygens (including phenoxy) is 1. The molecular weight excluding hydrogens is 358 g/mol. The van der Waals surface area contributed by atoms with E-state index in [-0.39, 0.29) is 11.5 Å². The van der Waals surface area contributed by atoms with Crippen LogP contribution in [0.25, 0.3) is 11.1 Å². The van der Waals surface area contributed by atoms with Gasteiger partial charge in [0.15, 0.2) is 0 Å². The van der Waals surface area contributed by atoms with Crippen LogP contribution >= 0.6 is 0 Å². The van der Waals surface area contributed by atoms with E-state index in [1.807, 2.05) is 25.3 Å². The predicted molar refractivity (Wildman–Crippen MR) is 115 cm³/mol. The van der Waals surface area contributed by atoms with E-state index in [4.69, 9.17) is 4.74 Å². The summed E-state index contributed by atoms with van der Waals surface area (Å²) < 4.78 is 6.17. The van der Waals surface area contributed by atoms with Crippen molar-refractivity contribution in [1.29, 1.82) is 0 Å². The second-order valence-electron chi connectivity index (χ2n) is 9.48. The Morgan fingerprint density at radius 2 is 1.48 bits per heavy atom. The molecule has 6 rings (SSSR count). The van der Waals surface area contributed by atoms with E-state index in [1.165, 1.54) is 43.2 Å². The van der Waals surface area contributed by atoms with Gasteiger partial charge in [-0.1, -0.05) is 54.6 Å². The second-order valence-corrected chi connectivity index (χ2v) is 9.48. The van der Waals surface area contributed by atoms with E-state index >= 15 is 0 Å². The normalized spacial score (nSPS) is 32.3. The SMILES string of the molecule is COC1(CNC(=O)Cc2ccc(-c3ccccc3)cc2)C2CC3CC(C2)CC1C3. The summed E-state index contributed by atoms with van der Waals surface area (Å²) in [6.45, 7) is 0.666. The molecule has 0 saturated heterocycles. The van der Waals surface area contributed by atoms with Crippen LogP contribution in [0, 0.1) is 23.7 Å². The van der Waals surface area contributed by atoms with Crippen molar-refractivity contribution in [3.63, 3.8) is 0 Å². The maximum atomic E-state index is 12.7. The fourth-order valence-corrected chi connectivity index (χ4v) is 6.61. The lowest BCUT2D eigenvalue weighted by Gasteiger charge is -2.60. The first-order valence-corrected chi connectivity index (χ1v) is 11.1. The zero-order valence-corrected chi connectivity index (χ0v) is 17.3. The zero-order chi connectivity index (χ0) is 19.8. The Balaban J connectivity index is 1.21. The van der Waals surface area contributed by atoms with Crippen molar-refractivity contribution in [1.82, 2.24) is 5.32 Å². The van der Waals surface area contributed by atoms with Crippen molar-refractivity contribution in [2.75, 3.05) is 13.7 Å². The Labute approximate surface area is 173 Å². The second kappa shape index (κ2) is 7.60. The number of rotatable bonds is 6. The standard InChI is InChI=1S/C26H31NO2/c1-29-26(23-12-19-11-20(14-23)15-24(26)13-19)17-27-25(28)16-18-7-9-22(10-8-18)21-5-3-2-4-6-21/h2-10,19-20,23-24H,11-17H2,1H3,(H,27,28). The maximum Gasteiger partial charge on any atom is 0.224 e. The largest absolute Gasteiger partial charge is 0.376 e. The van der Waals surface area contributed by atoms with Crippen molar-refractivity contribution >= 4 is 5.91 Å². The molecule has 3 nitrogen and oxygen atoms in total. The van der Waals surface area contributed by atoms with Crippen molar-refractivity contribution < 1.29 is 9.53 Å². The monoisotopic (exact) mass is 389 g/mol. The Morgan fingerprint density at radius 3 is 2.07 bits per heavy atom. The number of hydrogen-bond acceptors (Lipinski definition) is 2. The molecule has 4 bridgehead atoms. The Morgan fingerprint density at radius 1 is 0.897 bits per heavy atom. The first-order valence-electron chi connectivity index (χ1n) is 11.1. The topological polar surface area (TPSA) is 38.3 Å². The summed E-state index contributed by atoms with van der Waals surface area (Å²) in [4.78, 5) is 12.7. The third kappa shape index (κ3) is 3.50. The fraction of sp³-hybridized carbons (Fsp3) is 0.500. The number of carbonyl (C=O) groups excluding carboxylic acids is 1. The average molecular weight is 390 g/mol. The van der Waals surface area contributed by atoms with E-state index in [2.05, 4.69) is 41.7 Å². The minimum absolute atomic E-state index is 0.0997. The highest BCUT2D eigenvalue weighted by atomic mass is 16.5. The summed E-state index contributed by atoms with van der Waals surface area (Å²) in [6.07, 6.45) is 7.01. The zero-order valence-electron chi connectivity index (χ0n) is 17.3. The van der Waals surface area contributed by atoms with Gasteiger partial charge in [0.1, 0.15) is 0 Å². The molecule has 1 N–H and O–H groups in total.